The number of nitrogens with zero attached hydrogens (tertiary/aromatic N) is 5. The van der Waals surface area contributed by atoms with E-state index in [9.17, 15) is 0 Å². The van der Waals surface area contributed by atoms with Gasteiger partial charge < -0.3 is 4.57 Å². The Kier molecular flexibility index (Phi) is 2.33. The highest BCUT2D eigenvalue weighted by Crippen LogP contribution is 2.20. The van der Waals surface area contributed by atoms with Crippen LogP contribution in [0.5, 0.6) is 0 Å². The van der Waals surface area contributed by atoms with Crippen LogP contribution in [0.4, 0.5) is 0 Å². The van der Waals surface area contributed by atoms with Crippen LogP contribution in [0.15, 0.2) is 30.5 Å². The maximum absolute atomic E-state index is 5.99. The number of benzene rings is 1. The van der Waals surface area contributed by atoms with Crippen molar-refractivity contribution in [2.24, 2.45) is 7.05 Å². The van der Waals surface area contributed by atoms with Crippen LogP contribution in [0, 0.1) is 0 Å². The first-order valence-corrected chi connectivity index (χ1v) is 5.57. The van der Waals surface area contributed by atoms with Crippen LogP contribution in [-0.2, 0) is 13.6 Å². The minimum absolute atomic E-state index is 0.595. The summed E-state index contributed by atoms with van der Waals surface area (Å²) in [5, 5.41) is 13.8. The molecule has 0 saturated heterocycles. The highest BCUT2D eigenvalue weighted by Gasteiger charge is 2.05. The van der Waals surface area contributed by atoms with E-state index in [0.29, 0.717) is 12.4 Å². The molecule has 0 bridgehead atoms. The Morgan fingerprint density at radius 1 is 1.29 bits per heavy atom. The van der Waals surface area contributed by atoms with E-state index in [2.05, 4.69) is 20.0 Å². The second-order valence-corrected chi connectivity index (χ2v) is 4.28. The normalized spacial score (nSPS) is 11.2. The third kappa shape index (κ3) is 1.89. The molecule has 3 rings (SSSR count). The van der Waals surface area contributed by atoms with E-state index in [1.54, 1.807) is 7.05 Å². The molecule has 0 amide bonds. The topological polar surface area (TPSA) is 48.5 Å². The molecule has 17 heavy (non-hydrogen) atoms. The maximum atomic E-state index is 5.99. The first-order valence-electron chi connectivity index (χ1n) is 5.20. The minimum atomic E-state index is 0.595. The number of hydrogen-bond donors (Lipinski definition) is 0. The molecule has 0 atom stereocenters. The van der Waals surface area contributed by atoms with Gasteiger partial charge in [-0.25, -0.2) is 0 Å². The van der Waals surface area contributed by atoms with Gasteiger partial charge in [-0.2, -0.15) is 4.80 Å². The van der Waals surface area contributed by atoms with E-state index in [4.69, 9.17) is 11.6 Å². The average Bonchev–Trinajstić information content (AvgIpc) is 2.87. The van der Waals surface area contributed by atoms with Crippen molar-refractivity contribution in [3.8, 4) is 0 Å². The lowest BCUT2D eigenvalue weighted by Gasteiger charge is -2.01. The van der Waals surface area contributed by atoms with Gasteiger partial charge in [-0.15, -0.1) is 10.2 Å². The molecule has 0 aliphatic carbocycles. The highest BCUT2D eigenvalue weighted by atomic mass is 35.5. The van der Waals surface area contributed by atoms with Crippen LogP contribution in [0.2, 0.25) is 5.02 Å². The molecular formula is C11H10ClN5. The van der Waals surface area contributed by atoms with E-state index < -0.39 is 0 Å². The standard InChI is InChI=1S/C11H10ClN5/c1-16-14-11(13-15-16)7-17-5-4-8-2-3-9(12)6-10(8)17/h2-6H,7H2,1H3. The summed E-state index contributed by atoms with van der Waals surface area (Å²) in [5.41, 5.74) is 1.07. The lowest BCUT2D eigenvalue weighted by atomic mass is 10.2. The summed E-state index contributed by atoms with van der Waals surface area (Å²) in [6.45, 7) is 0.595. The Labute approximate surface area is 103 Å². The first kappa shape index (κ1) is 10.3. The average molecular weight is 248 g/mol. The Morgan fingerprint density at radius 3 is 2.94 bits per heavy atom. The third-order valence-corrected chi connectivity index (χ3v) is 2.83. The van der Waals surface area contributed by atoms with Gasteiger partial charge in [0.15, 0.2) is 5.82 Å². The summed E-state index contributed by atoms with van der Waals surface area (Å²) < 4.78 is 2.05. The summed E-state index contributed by atoms with van der Waals surface area (Å²) >= 11 is 5.99. The van der Waals surface area contributed by atoms with Crippen molar-refractivity contribution >= 4 is 22.5 Å². The number of halogens is 1. The van der Waals surface area contributed by atoms with Gasteiger partial charge in [-0.3, -0.25) is 0 Å². The Morgan fingerprint density at radius 2 is 2.18 bits per heavy atom. The van der Waals surface area contributed by atoms with Crippen molar-refractivity contribution in [3.63, 3.8) is 0 Å². The lowest BCUT2D eigenvalue weighted by molar-refractivity contribution is 0.626. The van der Waals surface area contributed by atoms with Crippen LogP contribution in [0.1, 0.15) is 5.82 Å². The van der Waals surface area contributed by atoms with Gasteiger partial charge >= 0.3 is 0 Å². The fraction of sp³-hybridized carbons (Fsp3) is 0.182. The first-order chi connectivity index (χ1) is 8.22. The van der Waals surface area contributed by atoms with E-state index in [1.165, 1.54) is 4.80 Å². The Bertz CT molecular complexity index is 669. The van der Waals surface area contributed by atoms with Gasteiger partial charge in [-0.05, 0) is 28.8 Å². The highest BCUT2D eigenvalue weighted by molar-refractivity contribution is 6.31. The fourth-order valence-corrected chi connectivity index (χ4v) is 2.00. The largest absolute Gasteiger partial charge is 0.340 e. The van der Waals surface area contributed by atoms with Gasteiger partial charge in [0.2, 0.25) is 0 Å². The van der Waals surface area contributed by atoms with Gasteiger partial charge in [0.05, 0.1) is 13.6 Å². The molecule has 0 saturated carbocycles. The molecule has 3 aromatic rings. The van der Waals surface area contributed by atoms with Crippen LogP contribution in [0.3, 0.4) is 0 Å². The van der Waals surface area contributed by atoms with Gasteiger partial charge in [0.25, 0.3) is 0 Å². The quantitative estimate of drug-likeness (QED) is 0.695. The zero-order chi connectivity index (χ0) is 11.8. The zero-order valence-corrected chi connectivity index (χ0v) is 9.96. The molecule has 0 aliphatic heterocycles. The van der Waals surface area contributed by atoms with E-state index in [1.807, 2.05) is 30.5 Å². The number of aryl methyl sites for hydroxylation is 1. The smallest absolute Gasteiger partial charge is 0.194 e. The van der Waals surface area contributed by atoms with Crippen molar-refractivity contribution in [1.82, 2.24) is 24.8 Å². The van der Waals surface area contributed by atoms with Gasteiger partial charge in [0, 0.05) is 16.7 Å². The second kappa shape index (κ2) is 3.85. The van der Waals surface area contributed by atoms with Crippen molar-refractivity contribution in [3.05, 3.63) is 41.3 Å². The van der Waals surface area contributed by atoms with Crippen molar-refractivity contribution in [1.29, 1.82) is 0 Å². The molecule has 2 heterocycles. The molecule has 0 aliphatic rings. The van der Waals surface area contributed by atoms with E-state index in [-0.39, 0.29) is 0 Å². The summed E-state index contributed by atoms with van der Waals surface area (Å²) in [7, 11) is 1.75. The summed E-state index contributed by atoms with van der Waals surface area (Å²) in [5.74, 6) is 0.685. The molecule has 0 fully saturated rings. The molecule has 0 unspecified atom stereocenters. The Hall–Kier alpha value is -1.88. The SMILES string of the molecule is Cn1nnc(Cn2ccc3ccc(Cl)cc32)n1. The summed E-state index contributed by atoms with van der Waals surface area (Å²) in [6.07, 6.45) is 2.00. The van der Waals surface area contributed by atoms with Crippen molar-refractivity contribution < 1.29 is 0 Å². The van der Waals surface area contributed by atoms with Gasteiger partial charge in [-0.1, -0.05) is 17.7 Å². The van der Waals surface area contributed by atoms with Gasteiger partial charge in [0.1, 0.15) is 0 Å². The molecule has 0 radical (unpaired) electrons. The molecule has 0 spiro atoms. The van der Waals surface area contributed by atoms with Crippen LogP contribution < -0.4 is 0 Å². The number of tetrazole rings is 1. The monoisotopic (exact) mass is 247 g/mol. The molecule has 5 nitrogen and oxygen atoms in total. The van der Waals surface area contributed by atoms with Crippen molar-refractivity contribution in [2.75, 3.05) is 0 Å². The predicted octanol–water partition coefficient (Wildman–Crippen LogP) is 1.87. The second-order valence-electron chi connectivity index (χ2n) is 3.84. The molecule has 6 heteroatoms. The summed E-state index contributed by atoms with van der Waals surface area (Å²) in [4.78, 5) is 1.45. The van der Waals surface area contributed by atoms with Crippen LogP contribution >= 0.6 is 11.6 Å². The van der Waals surface area contributed by atoms with Crippen LogP contribution in [0.25, 0.3) is 10.9 Å². The molecule has 86 valence electrons. The molecule has 1 aromatic carbocycles. The number of aromatic nitrogens is 5. The predicted molar refractivity (Wildman–Crippen MR) is 64.8 cm³/mol. The van der Waals surface area contributed by atoms with Crippen molar-refractivity contribution in [2.45, 2.75) is 6.54 Å². The fourth-order valence-electron chi connectivity index (χ4n) is 1.83. The number of rotatable bonds is 2. The molecule has 2 aromatic heterocycles. The Balaban J connectivity index is 2.03. The molecular weight excluding hydrogens is 238 g/mol. The third-order valence-electron chi connectivity index (χ3n) is 2.60. The maximum Gasteiger partial charge on any atom is 0.194 e. The molecule has 0 N–H and O–H groups in total. The lowest BCUT2D eigenvalue weighted by Crippen LogP contribution is -2.00. The van der Waals surface area contributed by atoms with E-state index in [0.717, 1.165) is 15.9 Å². The zero-order valence-electron chi connectivity index (χ0n) is 9.21. The number of hydrogen-bond acceptors (Lipinski definition) is 3. The van der Waals surface area contributed by atoms with Crippen LogP contribution in [-0.4, -0.2) is 24.8 Å². The number of fused-ring (bicyclic) bond motifs is 1. The van der Waals surface area contributed by atoms with E-state index >= 15 is 0 Å². The minimum Gasteiger partial charge on any atom is -0.340 e. The summed E-state index contributed by atoms with van der Waals surface area (Å²) in [6, 6.07) is 7.86.